The largest absolute Gasteiger partial charge is 0.493 e. The van der Waals surface area contributed by atoms with E-state index < -0.39 is 17.7 Å². The van der Waals surface area contributed by atoms with Gasteiger partial charge in [0.15, 0.2) is 11.5 Å². The van der Waals surface area contributed by atoms with Crippen molar-refractivity contribution >= 4 is 46.2 Å². The molecule has 0 radical (unpaired) electrons. The number of halogens is 3. The minimum absolute atomic E-state index is 0.135. The van der Waals surface area contributed by atoms with E-state index in [0.717, 1.165) is 21.6 Å². The molecule has 2 aromatic heterocycles. The van der Waals surface area contributed by atoms with Gasteiger partial charge in [0, 0.05) is 27.6 Å². The van der Waals surface area contributed by atoms with Gasteiger partial charge in [-0.25, -0.2) is 9.18 Å². The quantitative estimate of drug-likeness (QED) is 0.149. The van der Waals surface area contributed by atoms with Crippen molar-refractivity contribution in [1.82, 2.24) is 0 Å². The number of nitrogens with one attached hydrogen (secondary N) is 1. The number of methoxy groups -OCH3 is 2. The van der Waals surface area contributed by atoms with Crippen LogP contribution in [0, 0.1) is 5.82 Å². The fourth-order valence-electron chi connectivity index (χ4n) is 4.17. The van der Waals surface area contributed by atoms with Crippen LogP contribution in [0.5, 0.6) is 11.5 Å². The molecule has 198 valence electrons. The molecule has 0 aliphatic heterocycles. The molecule has 0 aliphatic carbocycles. The van der Waals surface area contributed by atoms with E-state index in [2.05, 4.69) is 5.32 Å². The van der Waals surface area contributed by atoms with E-state index in [0.29, 0.717) is 33.2 Å². The number of anilines is 1. The molecule has 2 heterocycles. The van der Waals surface area contributed by atoms with Gasteiger partial charge in [-0.2, -0.15) is 0 Å². The van der Waals surface area contributed by atoms with Crippen LogP contribution in [0.1, 0.15) is 37.2 Å². The lowest BCUT2D eigenvalue weighted by Crippen LogP contribution is -2.29. The Balaban J connectivity index is 1.80. The third-order valence-electron chi connectivity index (χ3n) is 5.99. The summed E-state index contributed by atoms with van der Waals surface area (Å²) in [5, 5.41) is 23.4. The van der Waals surface area contributed by atoms with Gasteiger partial charge in [0.1, 0.15) is 20.7 Å². The molecule has 3 N–H and O–H groups in total. The molecule has 0 amide bonds. The average molecular weight is 578 g/mol. The smallest absolute Gasteiger partial charge is 0.346 e. The number of hydrogen-bond donors (Lipinski definition) is 3. The number of thiophene rings is 1. The van der Waals surface area contributed by atoms with E-state index in [1.165, 1.54) is 32.7 Å². The monoisotopic (exact) mass is 577 g/mol. The van der Waals surface area contributed by atoms with Gasteiger partial charge >= 0.3 is 5.97 Å². The van der Waals surface area contributed by atoms with E-state index >= 15 is 0 Å². The number of pyridine rings is 1. The molecular weight excluding hydrogens is 554 g/mol. The minimum Gasteiger partial charge on any atom is -0.493 e. The molecule has 0 fully saturated rings. The Hall–Kier alpha value is -3.53. The first-order valence-corrected chi connectivity index (χ1v) is 12.9. The highest BCUT2D eigenvalue weighted by atomic mass is 35.5. The van der Waals surface area contributed by atoms with Crippen molar-refractivity contribution in [2.75, 3.05) is 19.5 Å². The molecule has 1 atom stereocenters. The van der Waals surface area contributed by atoms with Crippen molar-refractivity contribution in [3.63, 3.8) is 0 Å². The Labute approximate surface area is 232 Å². The number of hydrogen-bond acceptors (Lipinski definition) is 6. The summed E-state index contributed by atoms with van der Waals surface area (Å²) in [6, 6.07) is 13.4. The molecule has 4 rings (SSSR count). The van der Waals surface area contributed by atoms with E-state index in [9.17, 15) is 19.5 Å². The van der Waals surface area contributed by atoms with Crippen LogP contribution in [0.4, 0.5) is 10.1 Å². The maximum atomic E-state index is 14.1. The highest BCUT2D eigenvalue weighted by molar-refractivity contribution is 7.14. The van der Waals surface area contributed by atoms with Crippen LogP contribution in [0.3, 0.4) is 0 Å². The second-order valence-corrected chi connectivity index (χ2v) is 10.3. The summed E-state index contributed by atoms with van der Waals surface area (Å²) in [4.78, 5) is 13.2. The summed E-state index contributed by atoms with van der Waals surface area (Å²) in [7, 11) is 3.04. The highest BCUT2D eigenvalue weighted by Crippen LogP contribution is 2.41. The van der Waals surface area contributed by atoms with Gasteiger partial charge in [-0.15, -0.1) is 11.3 Å². The molecule has 0 spiro atoms. The summed E-state index contributed by atoms with van der Waals surface area (Å²) in [5.41, 5.74) is 2.13. The van der Waals surface area contributed by atoms with Crippen molar-refractivity contribution in [3.05, 3.63) is 103 Å². The first-order valence-electron chi connectivity index (χ1n) is 11.4. The van der Waals surface area contributed by atoms with Crippen LogP contribution < -0.4 is 19.5 Å². The van der Waals surface area contributed by atoms with Crippen LogP contribution in [0.25, 0.3) is 0 Å². The van der Waals surface area contributed by atoms with E-state index in [-0.39, 0.29) is 27.9 Å². The topological polar surface area (TPSA) is 91.9 Å². The van der Waals surface area contributed by atoms with Crippen LogP contribution in [0.2, 0.25) is 10.0 Å². The lowest BCUT2D eigenvalue weighted by molar-refractivity contribution is -0.904. The second kappa shape index (κ2) is 11.9. The number of ether oxygens (including phenoxy) is 2. The molecule has 38 heavy (non-hydrogen) atoms. The Morgan fingerprint density at radius 2 is 1.76 bits per heavy atom. The zero-order valence-electron chi connectivity index (χ0n) is 20.4. The van der Waals surface area contributed by atoms with Crippen molar-refractivity contribution in [3.8, 4) is 11.5 Å². The van der Waals surface area contributed by atoms with Gasteiger partial charge in [0.2, 0.25) is 12.4 Å². The van der Waals surface area contributed by atoms with Crippen LogP contribution in [-0.4, -0.2) is 30.5 Å². The van der Waals surface area contributed by atoms with Gasteiger partial charge in [-0.05, 0) is 47.9 Å². The number of aromatic carboxylic acids is 1. The van der Waals surface area contributed by atoms with E-state index in [1.54, 1.807) is 36.4 Å². The highest BCUT2D eigenvalue weighted by Gasteiger charge is 2.28. The number of carbonyl (C=O) groups is 1. The Bertz CT molecular complexity index is 1460. The summed E-state index contributed by atoms with van der Waals surface area (Å²) in [6.07, 6.45) is 2.85. The third-order valence-corrected chi connectivity index (χ3v) is 7.78. The SMILES string of the molecule is COc1ccc([C@H](Cc2c(Cl)c[n+](O)cc2Cl)c2cc(CNc3ccccc3F)sc2C(=O)O)cc1OC. The lowest BCUT2D eigenvalue weighted by atomic mass is 9.85. The molecule has 0 saturated heterocycles. The Morgan fingerprint density at radius 1 is 1.08 bits per heavy atom. The summed E-state index contributed by atoms with van der Waals surface area (Å²) in [5.74, 6) is -1.01. The van der Waals surface area contributed by atoms with Crippen molar-refractivity contribution < 1.29 is 33.7 Å². The molecule has 7 nitrogen and oxygen atoms in total. The normalized spacial score (nSPS) is 11.7. The summed E-state index contributed by atoms with van der Waals surface area (Å²) < 4.78 is 25.7. The van der Waals surface area contributed by atoms with Crippen molar-refractivity contribution in [2.24, 2.45) is 0 Å². The molecule has 0 unspecified atom stereocenters. The maximum Gasteiger partial charge on any atom is 0.346 e. The Morgan fingerprint density at radius 3 is 2.39 bits per heavy atom. The number of carboxylic acid groups (broad SMARTS) is 1. The predicted octanol–water partition coefficient (Wildman–Crippen LogP) is 6.42. The van der Waals surface area contributed by atoms with Gasteiger partial charge in [0.05, 0.1) is 19.9 Å². The first kappa shape index (κ1) is 27.5. The van der Waals surface area contributed by atoms with Gasteiger partial charge < -0.3 is 19.9 Å². The number of benzene rings is 2. The van der Waals surface area contributed by atoms with Gasteiger partial charge in [0.25, 0.3) is 0 Å². The number of carboxylic acids is 1. The van der Waals surface area contributed by atoms with Crippen molar-refractivity contribution in [1.29, 1.82) is 0 Å². The molecular formula is C27H24Cl2FN2O5S+. The molecule has 4 aromatic rings. The molecule has 2 aromatic carbocycles. The van der Waals surface area contributed by atoms with E-state index in [4.69, 9.17) is 32.7 Å². The number of rotatable bonds is 10. The number of nitrogens with zero attached hydrogens (tertiary/aromatic N) is 1. The zero-order valence-corrected chi connectivity index (χ0v) is 22.7. The van der Waals surface area contributed by atoms with Crippen LogP contribution >= 0.6 is 34.5 Å². The van der Waals surface area contributed by atoms with Crippen LogP contribution in [-0.2, 0) is 13.0 Å². The molecule has 0 bridgehead atoms. The fraction of sp³-hybridized carbons (Fsp3) is 0.185. The predicted molar refractivity (Wildman–Crippen MR) is 144 cm³/mol. The molecule has 11 heteroatoms. The zero-order chi connectivity index (χ0) is 27.4. The lowest BCUT2D eigenvalue weighted by Gasteiger charge is -2.20. The van der Waals surface area contributed by atoms with Gasteiger partial charge in [-0.3, -0.25) is 5.21 Å². The summed E-state index contributed by atoms with van der Waals surface area (Å²) >= 11 is 14.0. The minimum atomic E-state index is -1.09. The first-order chi connectivity index (χ1) is 18.2. The second-order valence-electron chi connectivity index (χ2n) is 8.32. The standard InChI is InChI=1S/C27H23Cl2FN2O5S/c1-36-24-8-7-15(9-25(24)37-2)17(11-19-20(28)13-32(35)14-21(19)29)18-10-16(38-26(18)27(33)34)12-31-23-6-4-3-5-22(23)30/h3-10,13-14,17,31H,11-12H2,1-2H3,(H-,33,34,35)/p+1/t17-/m0/s1. The van der Waals surface area contributed by atoms with Gasteiger partial charge in [-0.1, -0.05) is 41.4 Å². The van der Waals surface area contributed by atoms with E-state index in [1.807, 2.05) is 6.07 Å². The number of aromatic nitrogens is 1. The number of para-hydroxylation sites is 1. The maximum absolute atomic E-state index is 14.1. The third kappa shape index (κ3) is 5.96. The molecule has 0 saturated carbocycles. The molecule has 0 aliphatic rings. The Kier molecular flexibility index (Phi) is 8.61. The van der Waals surface area contributed by atoms with Crippen molar-refractivity contribution in [2.45, 2.75) is 18.9 Å². The fourth-order valence-corrected chi connectivity index (χ4v) is 5.78. The average Bonchev–Trinajstić information content (AvgIpc) is 3.32. The summed E-state index contributed by atoms with van der Waals surface area (Å²) in [6.45, 7) is 0.224. The van der Waals surface area contributed by atoms with Crippen LogP contribution in [0.15, 0.2) is 60.9 Å².